The van der Waals surface area contributed by atoms with Gasteiger partial charge in [0, 0.05) is 33.4 Å². The van der Waals surface area contributed by atoms with Crippen LogP contribution < -0.4 is 0 Å². The van der Waals surface area contributed by atoms with Gasteiger partial charge >= 0.3 is 0 Å². The highest BCUT2D eigenvalue weighted by atomic mass is 14.9. The molecular formula is C144H92N4. The molecule has 0 atom stereocenters. The van der Waals surface area contributed by atoms with E-state index in [0.717, 1.165) is 101 Å². The van der Waals surface area contributed by atoms with E-state index in [9.17, 15) is 0 Å². The third-order valence-corrected chi connectivity index (χ3v) is 29.8. The van der Waals surface area contributed by atoms with Crippen molar-refractivity contribution in [2.75, 3.05) is 0 Å². The van der Waals surface area contributed by atoms with Crippen LogP contribution in [0.15, 0.2) is 558 Å². The average Bonchev–Trinajstić information content (AvgIpc) is 0.763. The highest BCUT2D eigenvalue weighted by molar-refractivity contribution is 6.19. The van der Waals surface area contributed by atoms with Crippen LogP contribution in [0.25, 0.3) is 287 Å². The van der Waals surface area contributed by atoms with Gasteiger partial charge in [-0.3, -0.25) is 0 Å². The molecule has 0 radical (unpaired) electrons. The standard InChI is InChI=1S/C82H52N2.C62H40N2/c1-4-16-68-65(13-1)49-77(74-22-10-7-19-71(68)74)59-37-25-53(26-38-59)56-31-43-62(44-32-56)80-52-81(63-45-33-57(34-46-63)54-27-39-60(40-28-54)78-50-66-14-2-5-17-69(66)72-20-8-11-23-75(72)78)84-82(83-80)64-47-35-58(36-48-64)55-29-41-61(42-30-55)79-51-67-15-3-6-18-70(67)73-21-9-12-24-76(73)79;1-2-12-49(13-3-1)62-63-60(47-34-26-43(27-35-47)41-22-30-45(31-23-41)58-38-50-14-4-6-16-52(50)54-18-8-10-20-56(54)58)40-61(64-62)48-36-28-44(29-37-48)42-24-32-46(33-25-42)59-39-51-15-5-7-17-53(51)55-19-9-11-21-57(55)59/h1-52H;1-40H. The van der Waals surface area contributed by atoms with E-state index in [1.807, 2.05) is 18.2 Å². The lowest BCUT2D eigenvalue weighted by atomic mass is 9.92. The van der Waals surface area contributed by atoms with Crippen LogP contribution in [0.4, 0.5) is 0 Å². The van der Waals surface area contributed by atoms with Gasteiger partial charge in [0.15, 0.2) is 11.6 Å². The molecule has 0 N–H and O–H groups in total. The van der Waals surface area contributed by atoms with E-state index in [1.54, 1.807) is 0 Å². The first-order valence-corrected chi connectivity index (χ1v) is 50.7. The summed E-state index contributed by atoms with van der Waals surface area (Å²) in [5.74, 6) is 1.38. The van der Waals surface area contributed by atoms with E-state index in [4.69, 9.17) is 19.9 Å². The number of benzene rings is 26. The van der Waals surface area contributed by atoms with E-state index in [0.29, 0.717) is 11.6 Å². The summed E-state index contributed by atoms with van der Waals surface area (Å²) in [5, 5.41) is 25.4. The van der Waals surface area contributed by atoms with E-state index in [1.165, 1.54) is 174 Å². The van der Waals surface area contributed by atoms with E-state index >= 15 is 0 Å². The maximum absolute atomic E-state index is 5.31. The van der Waals surface area contributed by atoms with Crippen LogP contribution in [-0.4, -0.2) is 19.9 Å². The Hall–Kier alpha value is -19.5. The predicted octanol–water partition coefficient (Wildman–Crippen LogP) is 39.2. The van der Waals surface area contributed by atoms with Crippen LogP contribution in [0.5, 0.6) is 0 Å². The molecular weight excluding hydrogens is 1790 g/mol. The zero-order valence-corrected chi connectivity index (χ0v) is 80.9. The van der Waals surface area contributed by atoms with Gasteiger partial charge in [0.1, 0.15) is 0 Å². The van der Waals surface area contributed by atoms with Gasteiger partial charge in [0.2, 0.25) is 0 Å². The molecule has 28 rings (SSSR count). The molecule has 0 aliphatic rings. The molecule has 4 nitrogen and oxygen atoms in total. The number of aromatic nitrogens is 4. The molecule has 28 aromatic rings. The maximum Gasteiger partial charge on any atom is 0.160 e. The van der Waals surface area contributed by atoms with E-state index in [-0.39, 0.29) is 0 Å². The quantitative estimate of drug-likeness (QED) is 0.0905. The molecule has 148 heavy (non-hydrogen) atoms. The number of hydrogen-bond donors (Lipinski definition) is 0. The lowest BCUT2D eigenvalue weighted by Crippen LogP contribution is -1.96. The van der Waals surface area contributed by atoms with Gasteiger partial charge in [-0.15, -0.1) is 0 Å². The molecule has 0 spiro atoms. The lowest BCUT2D eigenvalue weighted by molar-refractivity contribution is 1.18. The fourth-order valence-corrected chi connectivity index (χ4v) is 22.2. The van der Waals surface area contributed by atoms with Crippen LogP contribution in [-0.2, 0) is 0 Å². The molecule has 0 amide bonds. The Morgan fingerprint density at radius 3 is 0.412 bits per heavy atom. The lowest BCUT2D eigenvalue weighted by Gasteiger charge is -2.13. The molecule has 0 bridgehead atoms. The van der Waals surface area contributed by atoms with Crippen LogP contribution in [0.3, 0.4) is 0 Å². The number of nitrogens with zero attached hydrogens (tertiary/aromatic N) is 4. The molecule has 0 fully saturated rings. The van der Waals surface area contributed by atoms with Crippen molar-refractivity contribution < 1.29 is 0 Å². The molecule has 2 aromatic heterocycles. The first-order chi connectivity index (χ1) is 73.3. The summed E-state index contributed by atoms with van der Waals surface area (Å²) >= 11 is 0. The number of fused-ring (bicyclic) bond motifs is 15. The molecule has 2 heterocycles. The Morgan fingerprint density at radius 1 is 0.0878 bits per heavy atom. The Bertz CT molecular complexity index is 9220. The first-order valence-electron chi connectivity index (χ1n) is 50.7. The highest BCUT2D eigenvalue weighted by Gasteiger charge is 2.21. The second kappa shape index (κ2) is 37.7. The second-order valence-electron chi connectivity index (χ2n) is 38.5. The molecule has 0 unspecified atom stereocenters. The van der Waals surface area contributed by atoms with Crippen molar-refractivity contribution in [3.63, 3.8) is 0 Å². The topological polar surface area (TPSA) is 51.6 Å². The zero-order chi connectivity index (χ0) is 97.9. The predicted molar refractivity (Wildman–Crippen MR) is 626 cm³/mol. The molecule has 0 saturated heterocycles. The minimum absolute atomic E-state index is 0.675. The van der Waals surface area contributed by atoms with Crippen LogP contribution in [0.1, 0.15) is 0 Å². The fraction of sp³-hybridized carbons (Fsp3) is 0. The molecule has 0 aliphatic heterocycles. The van der Waals surface area contributed by atoms with Crippen molar-refractivity contribution in [2.45, 2.75) is 0 Å². The summed E-state index contributed by atoms with van der Waals surface area (Å²) in [6.07, 6.45) is 0. The Balaban J connectivity index is 0.000000152. The SMILES string of the molecule is c1ccc(-c2nc(-c3ccc(-c4ccc(-c5cc6ccccc6c6ccccc56)cc4)cc3)cc(-c3ccc(-c4ccc(-c5cc6ccccc6c6ccccc56)cc4)cc3)n2)cc1.c1ccc2c(c1)cc(-c1ccc(-c3ccc(-c4cc(-c5ccc(-c6ccc(-c7cc8ccccc8c8ccccc78)cc6)cc5)nc(-c5ccc(-c6ccc(-c7cc8ccccc8c8ccccc78)cc6)cc5)n4)cc3)cc1)c1ccccc12. The largest absolute Gasteiger partial charge is 0.228 e. The molecule has 0 saturated carbocycles. The first kappa shape index (κ1) is 87.5. The van der Waals surface area contributed by atoms with Crippen LogP contribution in [0.2, 0.25) is 0 Å². The van der Waals surface area contributed by atoms with Gasteiger partial charge in [0.05, 0.1) is 22.8 Å². The monoisotopic (exact) mass is 1880 g/mol. The van der Waals surface area contributed by atoms with Crippen molar-refractivity contribution in [2.24, 2.45) is 0 Å². The Labute approximate surface area is 858 Å². The highest BCUT2D eigenvalue weighted by Crippen LogP contribution is 2.46. The smallest absolute Gasteiger partial charge is 0.160 e. The third-order valence-electron chi connectivity index (χ3n) is 29.8. The normalized spacial score (nSPS) is 11.5. The summed E-state index contributed by atoms with van der Waals surface area (Å²) in [5.41, 5.74) is 33.4. The van der Waals surface area contributed by atoms with Crippen molar-refractivity contribution in [1.29, 1.82) is 0 Å². The zero-order valence-electron chi connectivity index (χ0n) is 80.9. The summed E-state index contributed by atoms with van der Waals surface area (Å²) in [7, 11) is 0. The van der Waals surface area contributed by atoms with Gasteiger partial charge in [0.25, 0.3) is 0 Å². The average molecular weight is 1880 g/mol. The molecule has 26 aromatic carbocycles. The summed E-state index contributed by atoms with van der Waals surface area (Å²) in [4.78, 5) is 20.9. The van der Waals surface area contributed by atoms with Crippen molar-refractivity contribution in [1.82, 2.24) is 19.9 Å². The summed E-state index contributed by atoms with van der Waals surface area (Å²) in [6, 6.07) is 202. The summed E-state index contributed by atoms with van der Waals surface area (Å²) in [6.45, 7) is 0. The van der Waals surface area contributed by atoms with E-state index in [2.05, 4.69) is 540 Å². The van der Waals surface area contributed by atoms with Crippen molar-refractivity contribution in [3.05, 3.63) is 558 Å². The minimum atomic E-state index is 0.675. The molecule has 4 heteroatoms. The Kier molecular flexibility index (Phi) is 22.3. The second-order valence-corrected chi connectivity index (χ2v) is 38.5. The van der Waals surface area contributed by atoms with Gasteiger partial charge < -0.3 is 0 Å². The number of rotatable bonds is 16. The van der Waals surface area contributed by atoms with Crippen LogP contribution in [0, 0.1) is 0 Å². The Morgan fingerprint density at radius 2 is 0.223 bits per heavy atom. The van der Waals surface area contributed by atoms with E-state index < -0.39 is 0 Å². The molecule has 0 aliphatic carbocycles. The van der Waals surface area contributed by atoms with Gasteiger partial charge in [-0.2, -0.15) is 0 Å². The molecule has 688 valence electrons. The van der Waals surface area contributed by atoms with Gasteiger partial charge in [-0.05, 0) is 261 Å². The van der Waals surface area contributed by atoms with Gasteiger partial charge in [-0.25, -0.2) is 19.9 Å². The van der Waals surface area contributed by atoms with Gasteiger partial charge in [-0.1, -0.05) is 516 Å². The fourth-order valence-electron chi connectivity index (χ4n) is 22.2. The van der Waals surface area contributed by atoms with Crippen LogP contribution >= 0.6 is 0 Å². The van der Waals surface area contributed by atoms with Crippen molar-refractivity contribution in [3.8, 4) is 179 Å². The summed E-state index contributed by atoms with van der Waals surface area (Å²) < 4.78 is 0. The number of hydrogen-bond acceptors (Lipinski definition) is 4. The maximum atomic E-state index is 5.31. The van der Waals surface area contributed by atoms with Crippen molar-refractivity contribution >= 4 is 108 Å². The minimum Gasteiger partial charge on any atom is -0.228 e. The third kappa shape index (κ3) is 16.6.